The monoisotopic (exact) mass is 200 g/mol. The van der Waals surface area contributed by atoms with Gasteiger partial charge in [0.15, 0.2) is 8.32 Å². The Morgan fingerprint density at radius 1 is 1.17 bits per heavy atom. The molecule has 12 heavy (non-hydrogen) atoms. The van der Waals surface area contributed by atoms with Crippen molar-refractivity contribution in [3.8, 4) is 0 Å². The van der Waals surface area contributed by atoms with Crippen molar-refractivity contribution in [1.29, 1.82) is 0 Å². The third-order valence-electron chi connectivity index (χ3n) is 1.14. The highest BCUT2D eigenvalue weighted by molar-refractivity contribution is 6.69. The van der Waals surface area contributed by atoms with E-state index in [1.165, 1.54) is 0 Å². The maximum absolute atomic E-state index is 11.6. The van der Waals surface area contributed by atoms with E-state index in [4.69, 9.17) is 4.43 Å². The lowest BCUT2D eigenvalue weighted by molar-refractivity contribution is -0.136. The summed E-state index contributed by atoms with van der Waals surface area (Å²) < 4.78 is 40.2. The molecule has 0 aromatic rings. The van der Waals surface area contributed by atoms with E-state index in [0.29, 0.717) is 0 Å². The van der Waals surface area contributed by atoms with Crippen molar-refractivity contribution in [2.45, 2.75) is 38.7 Å². The van der Waals surface area contributed by atoms with Crippen molar-refractivity contribution in [3.63, 3.8) is 0 Å². The first-order valence-electron chi connectivity index (χ1n) is 3.91. The molecule has 0 rings (SSSR count). The van der Waals surface area contributed by atoms with Crippen LogP contribution in [0.3, 0.4) is 0 Å². The molecular formula is C7H15F3OSi. The summed E-state index contributed by atoms with van der Waals surface area (Å²) in [4.78, 5) is 0. The van der Waals surface area contributed by atoms with Crippen LogP contribution in [0.25, 0.3) is 0 Å². The standard InChI is InChI=1S/C7H15F3OSi/c1-12(2,3)11-6-4-5-7(8,9)10/h4-6H2,1-3H3. The van der Waals surface area contributed by atoms with E-state index in [2.05, 4.69) is 0 Å². The quantitative estimate of drug-likeness (QED) is 0.500. The summed E-state index contributed by atoms with van der Waals surface area (Å²) in [5, 5.41) is 0. The topological polar surface area (TPSA) is 9.23 Å². The summed E-state index contributed by atoms with van der Waals surface area (Å²) >= 11 is 0. The number of hydrogen-bond acceptors (Lipinski definition) is 1. The second kappa shape index (κ2) is 4.27. The summed E-state index contributed by atoms with van der Waals surface area (Å²) in [6.45, 7) is 6.11. The molecule has 0 aromatic carbocycles. The molecule has 0 saturated heterocycles. The number of hydrogen-bond donors (Lipinski definition) is 0. The summed E-state index contributed by atoms with van der Waals surface area (Å²) in [5.41, 5.74) is 0. The van der Waals surface area contributed by atoms with Crippen LogP contribution in [0.2, 0.25) is 19.6 Å². The molecule has 0 unspecified atom stereocenters. The van der Waals surface area contributed by atoms with Crippen molar-refractivity contribution in [2.75, 3.05) is 6.61 Å². The van der Waals surface area contributed by atoms with Crippen LogP contribution in [-0.2, 0) is 4.43 Å². The van der Waals surface area contributed by atoms with Gasteiger partial charge in [-0.2, -0.15) is 13.2 Å². The summed E-state index contributed by atoms with van der Waals surface area (Å²) in [6.07, 6.45) is -4.70. The summed E-state index contributed by atoms with van der Waals surface area (Å²) in [6, 6.07) is 0. The maximum atomic E-state index is 11.6. The lowest BCUT2D eigenvalue weighted by Crippen LogP contribution is -2.26. The van der Waals surface area contributed by atoms with Crippen LogP contribution < -0.4 is 0 Å². The molecule has 5 heteroatoms. The average molecular weight is 200 g/mol. The molecule has 0 aliphatic carbocycles. The minimum absolute atomic E-state index is 0.0772. The zero-order valence-electron chi connectivity index (χ0n) is 7.66. The van der Waals surface area contributed by atoms with E-state index in [9.17, 15) is 13.2 Å². The third kappa shape index (κ3) is 9.97. The fraction of sp³-hybridized carbons (Fsp3) is 1.00. The van der Waals surface area contributed by atoms with E-state index in [-0.39, 0.29) is 13.0 Å². The Labute approximate surface area is 72.0 Å². The van der Waals surface area contributed by atoms with Crippen LogP contribution in [0.1, 0.15) is 12.8 Å². The molecule has 0 aliphatic heterocycles. The minimum Gasteiger partial charge on any atom is -0.418 e. The number of alkyl halides is 3. The van der Waals surface area contributed by atoms with Crippen molar-refractivity contribution < 1.29 is 17.6 Å². The summed E-state index contributed by atoms with van der Waals surface area (Å²) in [7, 11) is -1.62. The Kier molecular flexibility index (Phi) is 4.26. The van der Waals surface area contributed by atoms with Gasteiger partial charge in [0.05, 0.1) is 0 Å². The fourth-order valence-corrected chi connectivity index (χ4v) is 1.41. The van der Waals surface area contributed by atoms with E-state index < -0.39 is 20.9 Å². The number of halogens is 3. The lowest BCUT2D eigenvalue weighted by Gasteiger charge is -2.17. The average Bonchev–Trinajstić information content (AvgIpc) is 1.76. The zero-order chi connectivity index (χ0) is 9.83. The molecule has 0 saturated carbocycles. The Bertz CT molecular complexity index is 112. The van der Waals surface area contributed by atoms with Gasteiger partial charge in [0.1, 0.15) is 0 Å². The van der Waals surface area contributed by atoms with Crippen LogP contribution in [0.4, 0.5) is 13.2 Å². The minimum atomic E-state index is -4.04. The highest BCUT2D eigenvalue weighted by atomic mass is 28.4. The predicted molar refractivity (Wildman–Crippen MR) is 44.6 cm³/mol. The van der Waals surface area contributed by atoms with Crippen molar-refractivity contribution >= 4 is 8.32 Å². The largest absolute Gasteiger partial charge is 0.418 e. The molecule has 0 radical (unpaired) electrons. The molecule has 0 fully saturated rings. The van der Waals surface area contributed by atoms with Crippen LogP contribution >= 0.6 is 0 Å². The van der Waals surface area contributed by atoms with Crippen LogP contribution in [0, 0.1) is 0 Å². The van der Waals surface area contributed by atoms with E-state index in [0.717, 1.165) is 0 Å². The Morgan fingerprint density at radius 3 is 2.00 bits per heavy atom. The van der Waals surface area contributed by atoms with Gasteiger partial charge in [0.25, 0.3) is 0 Å². The zero-order valence-corrected chi connectivity index (χ0v) is 8.66. The molecule has 0 aliphatic rings. The molecule has 0 N–H and O–H groups in total. The molecule has 0 aromatic heterocycles. The number of rotatable bonds is 4. The predicted octanol–water partition coefficient (Wildman–Crippen LogP) is 3.18. The van der Waals surface area contributed by atoms with Crippen LogP contribution in [-0.4, -0.2) is 21.1 Å². The lowest BCUT2D eigenvalue weighted by atomic mass is 10.3. The molecule has 0 bridgehead atoms. The molecule has 0 spiro atoms. The van der Waals surface area contributed by atoms with Gasteiger partial charge < -0.3 is 4.43 Å². The summed E-state index contributed by atoms with van der Waals surface area (Å²) in [5.74, 6) is 0. The van der Waals surface area contributed by atoms with E-state index in [1.807, 2.05) is 19.6 Å². The van der Waals surface area contributed by atoms with Crippen LogP contribution in [0.15, 0.2) is 0 Å². The maximum Gasteiger partial charge on any atom is 0.389 e. The normalized spacial score (nSPS) is 13.5. The fourth-order valence-electron chi connectivity index (χ4n) is 0.651. The Morgan fingerprint density at radius 2 is 1.67 bits per heavy atom. The van der Waals surface area contributed by atoms with Crippen molar-refractivity contribution in [3.05, 3.63) is 0 Å². The molecular weight excluding hydrogens is 185 g/mol. The second-order valence-electron chi connectivity index (χ2n) is 3.68. The first-order valence-corrected chi connectivity index (χ1v) is 7.32. The highest BCUT2D eigenvalue weighted by Crippen LogP contribution is 2.21. The van der Waals surface area contributed by atoms with Gasteiger partial charge in [0.2, 0.25) is 0 Å². The SMILES string of the molecule is C[Si](C)(C)OCCCC(F)(F)F. The molecule has 1 nitrogen and oxygen atoms in total. The van der Waals surface area contributed by atoms with Gasteiger partial charge in [-0.3, -0.25) is 0 Å². The van der Waals surface area contributed by atoms with Gasteiger partial charge in [-0.25, -0.2) is 0 Å². The first kappa shape index (κ1) is 12.0. The van der Waals surface area contributed by atoms with Gasteiger partial charge in [-0.15, -0.1) is 0 Å². The second-order valence-corrected chi connectivity index (χ2v) is 8.19. The van der Waals surface area contributed by atoms with Crippen LogP contribution in [0.5, 0.6) is 0 Å². The van der Waals surface area contributed by atoms with E-state index >= 15 is 0 Å². The van der Waals surface area contributed by atoms with E-state index in [1.54, 1.807) is 0 Å². The molecule has 74 valence electrons. The molecule has 0 atom stereocenters. The highest BCUT2D eigenvalue weighted by Gasteiger charge is 2.26. The van der Waals surface area contributed by atoms with Gasteiger partial charge >= 0.3 is 6.18 Å². The molecule has 0 heterocycles. The van der Waals surface area contributed by atoms with Gasteiger partial charge in [-0.1, -0.05) is 0 Å². The Hall–Kier alpha value is -0.0331. The smallest absolute Gasteiger partial charge is 0.389 e. The molecule has 0 amide bonds. The van der Waals surface area contributed by atoms with Gasteiger partial charge in [-0.05, 0) is 26.1 Å². The first-order chi connectivity index (χ1) is 5.21. The van der Waals surface area contributed by atoms with Crippen molar-refractivity contribution in [2.24, 2.45) is 0 Å². The third-order valence-corrected chi connectivity index (χ3v) is 2.21. The van der Waals surface area contributed by atoms with Crippen molar-refractivity contribution in [1.82, 2.24) is 0 Å². The van der Waals surface area contributed by atoms with Gasteiger partial charge in [0, 0.05) is 13.0 Å². The Balaban J connectivity index is 3.35.